The fourth-order valence-corrected chi connectivity index (χ4v) is 3.24. The fourth-order valence-electron chi connectivity index (χ4n) is 3.24. The minimum atomic E-state index is -0.0414. The number of rotatable bonds is 4. The Morgan fingerprint density at radius 3 is 2.84 bits per heavy atom. The number of ether oxygens (including phenoxy) is 2. The number of nitrogens with one attached hydrogen (secondary N) is 1. The van der Waals surface area contributed by atoms with Gasteiger partial charge in [-0.25, -0.2) is 0 Å². The van der Waals surface area contributed by atoms with E-state index in [1.807, 2.05) is 38.1 Å². The van der Waals surface area contributed by atoms with Crippen LogP contribution in [0, 0.1) is 13.8 Å². The summed E-state index contributed by atoms with van der Waals surface area (Å²) < 4.78 is 16.3. The summed E-state index contributed by atoms with van der Waals surface area (Å²) in [6.45, 7) is 4.77. The van der Waals surface area contributed by atoms with Crippen LogP contribution >= 0.6 is 0 Å². The van der Waals surface area contributed by atoms with Gasteiger partial charge in [-0.3, -0.25) is 4.79 Å². The fraction of sp³-hybridized carbons (Fsp3) is 0.250. The molecule has 0 spiro atoms. The zero-order valence-electron chi connectivity index (χ0n) is 14.2. The van der Waals surface area contributed by atoms with Crippen LogP contribution in [0.4, 0.5) is 0 Å². The van der Waals surface area contributed by atoms with Crippen molar-refractivity contribution in [3.8, 4) is 11.5 Å². The number of carbonyl (C=O) groups excluding carboxylic acids is 1. The van der Waals surface area contributed by atoms with E-state index < -0.39 is 0 Å². The first kappa shape index (κ1) is 15.6. The molecule has 1 N–H and O–H groups in total. The van der Waals surface area contributed by atoms with Gasteiger partial charge < -0.3 is 19.2 Å². The van der Waals surface area contributed by atoms with Gasteiger partial charge >= 0.3 is 0 Å². The highest BCUT2D eigenvalue weighted by molar-refractivity contribution is 5.90. The van der Waals surface area contributed by atoms with Crippen LogP contribution in [0.5, 0.6) is 11.5 Å². The zero-order chi connectivity index (χ0) is 17.4. The molecule has 0 unspecified atom stereocenters. The molecule has 0 aliphatic carbocycles. The Hall–Kier alpha value is -2.95. The third-order valence-electron chi connectivity index (χ3n) is 4.37. The van der Waals surface area contributed by atoms with Crippen molar-refractivity contribution in [1.29, 1.82) is 0 Å². The SMILES string of the molecule is Cc1cc(C)c2c(CC(=O)NCc3ccc4c(c3)OCO4)coc2c1. The molecule has 4 rings (SSSR count). The molecular weight excluding hydrogens is 318 g/mol. The molecule has 0 radical (unpaired) electrons. The van der Waals surface area contributed by atoms with E-state index >= 15 is 0 Å². The second-order valence-corrected chi connectivity index (χ2v) is 6.36. The normalized spacial score (nSPS) is 12.6. The summed E-state index contributed by atoms with van der Waals surface area (Å²) >= 11 is 0. The number of aryl methyl sites for hydroxylation is 2. The van der Waals surface area contributed by atoms with Crippen LogP contribution < -0.4 is 14.8 Å². The Balaban J connectivity index is 1.44. The number of hydrogen-bond donors (Lipinski definition) is 1. The van der Waals surface area contributed by atoms with Crippen molar-refractivity contribution in [1.82, 2.24) is 5.32 Å². The van der Waals surface area contributed by atoms with E-state index in [0.717, 1.165) is 44.7 Å². The molecule has 2 heterocycles. The van der Waals surface area contributed by atoms with Crippen LogP contribution in [0.25, 0.3) is 11.0 Å². The van der Waals surface area contributed by atoms with Gasteiger partial charge in [0.05, 0.1) is 12.7 Å². The smallest absolute Gasteiger partial charge is 0.231 e. The van der Waals surface area contributed by atoms with Crippen molar-refractivity contribution in [2.75, 3.05) is 6.79 Å². The van der Waals surface area contributed by atoms with Crippen LogP contribution in [-0.2, 0) is 17.8 Å². The molecule has 5 nitrogen and oxygen atoms in total. The average Bonchev–Trinajstić information content (AvgIpc) is 3.19. The quantitative estimate of drug-likeness (QED) is 0.790. The van der Waals surface area contributed by atoms with Crippen molar-refractivity contribution in [3.63, 3.8) is 0 Å². The predicted molar refractivity (Wildman–Crippen MR) is 93.8 cm³/mol. The lowest BCUT2D eigenvalue weighted by atomic mass is 10.0. The Kier molecular flexibility index (Phi) is 3.84. The molecule has 0 saturated carbocycles. The van der Waals surface area contributed by atoms with Gasteiger partial charge in [0, 0.05) is 17.5 Å². The third-order valence-corrected chi connectivity index (χ3v) is 4.37. The average molecular weight is 337 g/mol. The van der Waals surface area contributed by atoms with Crippen molar-refractivity contribution >= 4 is 16.9 Å². The first-order valence-corrected chi connectivity index (χ1v) is 8.23. The van der Waals surface area contributed by atoms with Gasteiger partial charge in [-0.15, -0.1) is 0 Å². The second kappa shape index (κ2) is 6.16. The molecule has 2 aromatic carbocycles. The molecule has 5 heteroatoms. The highest BCUT2D eigenvalue weighted by Gasteiger charge is 2.15. The summed E-state index contributed by atoms with van der Waals surface area (Å²) in [5.41, 5.74) is 4.99. The number of benzene rings is 2. The van der Waals surface area contributed by atoms with Gasteiger partial charge in [0.25, 0.3) is 0 Å². The lowest BCUT2D eigenvalue weighted by Gasteiger charge is -2.06. The van der Waals surface area contributed by atoms with Crippen LogP contribution in [0.15, 0.2) is 41.0 Å². The van der Waals surface area contributed by atoms with Crippen LogP contribution in [0.2, 0.25) is 0 Å². The molecule has 128 valence electrons. The minimum Gasteiger partial charge on any atom is -0.464 e. The molecule has 3 aromatic rings. The highest BCUT2D eigenvalue weighted by Crippen LogP contribution is 2.32. The van der Waals surface area contributed by atoms with Crippen molar-refractivity contribution in [2.24, 2.45) is 0 Å². The van der Waals surface area contributed by atoms with Gasteiger partial charge in [0.15, 0.2) is 11.5 Å². The molecule has 25 heavy (non-hydrogen) atoms. The minimum absolute atomic E-state index is 0.0414. The van der Waals surface area contributed by atoms with Gasteiger partial charge in [-0.05, 0) is 48.7 Å². The Labute approximate surface area is 145 Å². The van der Waals surface area contributed by atoms with Gasteiger partial charge in [-0.2, -0.15) is 0 Å². The van der Waals surface area contributed by atoms with E-state index in [0.29, 0.717) is 13.0 Å². The third kappa shape index (κ3) is 3.05. The zero-order valence-corrected chi connectivity index (χ0v) is 14.2. The number of furan rings is 1. The maximum atomic E-state index is 12.3. The number of amides is 1. The molecule has 0 atom stereocenters. The van der Waals surface area contributed by atoms with E-state index in [1.165, 1.54) is 0 Å². The molecule has 1 amide bonds. The summed E-state index contributed by atoms with van der Waals surface area (Å²) in [6.07, 6.45) is 1.97. The van der Waals surface area contributed by atoms with Crippen LogP contribution in [0.3, 0.4) is 0 Å². The number of fused-ring (bicyclic) bond motifs is 2. The predicted octanol–water partition coefficient (Wildman–Crippen LogP) is 3.64. The maximum Gasteiger partial charge on any atom is 0.231 e. The molecule has 0 fully saturated rings. The van der Waals surface area contributed by atoms with E-state index in [4.69, 9.17) is 13.9 Å². The standard InChI is InChI=1S/C20H19NO4/c1-12-5-13(2)20-15(10-23-18(20)6-12)8-19(22)21-9-14-3-4-16-17(7-14)25-11-24-16/h3-7,10H,8-9,11H2,1-2H3,(H,21,22). The van der Waals surface area contributed by atoms with Crippen molar-refractivity contribution in [3.05, 3.63) is 58.8 Å². The maximum absolute atomic E-state index is 12.3. The molecule has 1 aromatic heterocycles. The summed E-state index contributed by atoms with van der Waals surface area (Å²) in [5.74, 6) is 1.42. The topological polar surface area (TPSA) is 60.7 Å². The van der Waals surface area contributed by atoms with Crippen molar-refractivity contribution < 1.29 is 18.7 Å². The monoisotopic (exact) mass is 337 g/mol. The number of carbonyl (C=O) groups is 1. The summed E-state index contributed by atoms with van der Waals surface area (Å²) in [4.78, 5) is 12.3. The Morgan fingerprint density at radius 1 is 1.12 bits per heavy atom. The molecule has 1 aliphatic rings. The van der Waals surface area contributed by atoms with Crippen molar-refractivity contribution in [2.45, 2.75) is 26.8 Å². The Morgan fingerprint density at radius 2 is 1.96 bits per heavy atom. The summed E-state index contributed by atoms with van der Waals surface area (Å²) in [7, 11) is 0. The molecule has 1 aliphatic heterocycles. The molecule has 0 saturated heterocycles. The number of hydrogen-bond acceptors (Lipinski definition) is 4. The highest BCUT2D eigenvalue weighted by atomic mass is 16.7. The first-order chi connectivity index (χ1) is 12.1. The van der Waals surface area contributed by atoms with E-state index in [1.54, 1.807) is 6.26 Å². The lowest BCUT2D eigenvalue weighted by molar-refractivity contribution is -0.120. The Bertz CT molecular complexity index is 958. The van der Waals surface area contributed by atoms with Gasteiger partial charge in [0.1, 0.15) is 5.58 Å². The van der Waals surface area contributed by atoms with Gasteiger partial charge in [0.2, 0.25) is 12.7 Å². The van der Waals surface area contributed by atoms with E-state index in [2.05, 4.69) is 11.4 Å². The summed E-state index contributed by atoms with van der Waals surface area (Å²) in [6, 6.07) is 9.78. The van der Waals surface area contributed by atoms with E-state index in [9.17, 15) is 4.79 Å². The summed E-state index contributed by atoms with van der Waals surface area (Å²) in [5, 5.41) is 3.98. The first-order valence-electron chi connectivity index (χ1n) is 8.23. The molecular formula is C20H19NO4. The van der Waals surface area contributed by atoms with Gasteiger partial charge in [-0.1, -0.05) is 12.1 Å². The van der Waals surface area contributed by atoms with Crippen LogP contribution in [-0.4, -0.2) is 12.7 Å². The largest absolute Gasteiger partial charge is 0.464 e. The second-order valence-electron chi connectivity index (χ2n) is 6.36. The molecule has 0 bridgehead atoms. The lowest BCUT2D eigenvalue weighted by Crippen LogP contribution is -2.24. The van der Waals surface area contributed by atoms with E-state index in [-0.39, 0.29) is 12.7 Å². The van der Waals surface area contributed by atoms with Crippen LogP contribution in [0.1, 0.15) is 22.3 Å².